The van der Waals surface area contributed by atoms with E-state index in [1.54, 1.807) is 6.92 Å². The van der Waals surface area contributed by atoms with E-state index in [2.05, 4.69) is 5.32 Å². The third-order valence-corrected chi connectivity index (χ3v) is 3.73. The van der Waals surface area contributed by atoms with Gasteiger partial charge in [-0.3, -0.25) is 10.1 Å². The quantitative estimate of drug-likeness (QED) is 0.674. The Bertz CT molecular complexity index is 628. The predicted molar refractivity (Wildman–Crippen MR) is 81.0 cm³/mol. The van der Waals surface area contributed by atoms with Gasteiger partial charge < -0.3 is 15.1 Å². The number of benzene rings is 1. The van der Waals surface area contributed by atoms with E-state index in [1.165, 1.54) is 9.80 Å². The number of nitro groups is 1. The number of halogens is 3. The smallest absolute Gasteiger partial charge is 0.367 e. The summed E-state index contributed by atoms with van der Waals surface area (Å²) in [5.74, 6) is 0. The number of piperazine rings is 1. The number of nitrogens with one attached hydrogen (secondary N) is 1. The number of hydrogen-bond donors (Lipinski definition) is 1. The molecule has 0 atom stereocenters. The van der Waals surface area contributed by atoms with E-state index in [-0.39, 0.29) is 37.9 Å². The number of nitrogens with zero attached hydrogens (tertiary/aromatic N) is 3. The molecule has 10 heteroatoms. The lowest BCUT2D eigenvalue weighted by Gasteiger charge is -2.37. The third-order valence-electron chi connectivity index (χ3n) is 3.73. The monoisotopic (exact) mass is 346 g/mol. The highest BCUT2D eigenvalue weighted by Crippen LogP contribution is 2.39. The molecule has 132 valence electrons. The van der Waals surface area contributed by atoms with Crippen LogP contribution in [-0.2, 0) is 6.18 Å². The molecule has 0 unspecified atom stereocenters. The van der Waals surface area contributed by atoms with Crippen LogP contribution in [0.5, 0.6) is 0 Å². The second kappa shape index (κ2) is 6.93. The van der Waals surface area contributed by atoms with E-state index in [1.807, 2.05) is 0 Å². The lowest BCUT2D eigenvalue weighted by Crippen LogP contribution is -2.52. The van der Waals surface area contributed by atoms with Crippen molar-refractivity contribution in [1.82, 2.24) is 10.2 Å². The van der Waals surface area contributed by atoms with E-state index in [0.29, 0.717) is 12.6 Å². The molecule has 0 spiro atoms. The Hall–Kier alpha value is -2.52. The van der Waals surface area contributed by atoms with Gasteiger partial charge in [0.1, 0.15) is 0 Å². The summed E-state index contributed by atoms with van der Waals surface area (Å²) in [5, 5.41) is 13.4. The zero-order chi connectivity index (χ0) is 17.9. The summed E-state index contributed by atoms with van der Waals surface area (Å²) in [7, 11) is 0. The van der Waals surface area contributed by atoms with Gasteiger partial charge in [-0.1, -0.05) is 0 Å². The van der Waals surface area contributed by atoms with Gasteiger partial charge in [-0.25, -0.2) is 4.79 Å². The Kier molecular flexibility index (Phi) is 5.15. The Morgan fingerprint density at radius 2 is 1.92 bits per heavy atom. The molecule has 0 radical (unpaired) electrons. The Morgan fingerprint density at radius 1 is 1.29 bits per heavy atom. The molecule has 0 aromatic heterocycles. The SMILES string of the molecule is CCNC(=O)N1CCN(c2ccc([N+](=O)[O-])cc2C(F)(F)F)CC1. The maximum atomic E-state index is 13.2. The molecule has 0 aliphatic carbocycles. The number of anilines is 1. The number of non-ortho nitro benzene ring substituents is 1. The minimum Gasteiger partial charge on any atom is -0.367 e. The number of urea groups is 1. The highest BCUT2D eigenvalue weighted by atomic mass is 19.4. The van der Waals surface area contributed by atoms with Crippen LogP contribution in [0.15, 0.2) is 18.2 Å². The average Bonchev–Trinajstić information content (AvgIpc) is 2.54. The first-order chi connectivity index (χ1) is 11.2. The average molecular weight is 346 g/mol. The van der Waals surface area contributed by atoms with Gasteiger partial charge in [0.25, 0.3) is 5.69 Å². The van der Waals surface area contributed by atoms with E-state index in [4.69, 9.17) is 0 Å². The Balaban J connectivity index is 2.21. The molecular formula is C14H17F3N4O3. The molecule has 1 aromatic carbocycles. The summed E-state index contributed by atoms with van der Waals surface area (Å²) in [6.45, 7) is 3.25. The van der Waals surface area contributed by atoms with E-state index < -0.39 is 22.4 Å². The molecule has 1 heterocycles. The molecule has 7 nitrogen and oxygen atoms in total. The van der Waals surface area contributed by atoms with Gasteiger partial charge in [-0.05, 0) is 13.0 Å². The minimum atomic E-state index is -4.70. The lowest BCUT2D eigenvalue weighted by molar-refractivity contribution is -0.385. The van der Waals surface area contributed by atoms with Crippen molar-refractivity contribution in [2.45, 2.75) is 13.1 Å². The molecule has 0 saturated carbocycles. The van der Waals surface area contributed by atoms with Crippen LogP contribution in [0.25, 0.3) is 0 Å². The van der Waals surface area contributed by atoms with Crippen molar-refractivity contribution in [3.8, 4) is 0 Å². The summed E-state index contributed by atoms with van der Waals surface area (Å²) in [5.41, 5.74) is -1.75. The van der Waals surface area contributed by atoms with Crippen molar-refractivity contribution in [2.24, 2.45) is 0 Å². The molecule has 1 N–H and O–H groups in total. The number of amides is 2. The highest BCUT2D eigenvalue weighted by molar-refractivity contribution is 5.74. The van der Waals surface area contributed by atoms with Crippen molar-refractivity contribution < 1.29 is 22.9 Å². The summed E-state index contributed by atoms with van der Waals surface area (Å²) in [4.78, 5) is 24.6. The third kappa shape index (κ3) is 3.87. The first kappa shape index (κ1) is 17.8. The summed E-state index contributed by atoms with van der Waals surface area (Å²) < 4.78 is 39.7. The standard InChI is InChI=1S/C14H17F3N4O3/c1-2-18-13(22)20-7-5-19(6-8-20)12-4-3-10(21(23)24)9-11(12)14(15,16)17/h3-4,9H,2,5-8H2,1H3,(H,18,22). The molecule has 1 fully saturated rings. The van der Waals surface area contributed by atoms with Crippen molar-refractivity contribution in [3.05, 3.63) is 33.9 Å². The predicted octanol–water partition coefficient (Wildman–Crippen LogP) is 2.47. The minimum absolute atomic E-state index is 0.108. The van der Waals surface area contributed by atoms with Crippen LogP contribution in [0.2, 0.25) is 0 Å². The zero-order valence-corrected chi connectivity index (χ0v) is 13.0. The second-order valence-corrected chi connectivity index (χ2v) is 5.27. The largest absolute Gasteiger partial charge is 0.418 e. The summed E-state index contributed by atoms with van der Waals surface area (Å²) >= 11 is 0. The molecule has 0 bridgehead atoms. The van der Waals surface area contributed by atoms with Crippen LogP contribution >= 0.6 is 0 Å². The van der Waals surface area contributed by atoms with E-state index >= 15 is 0 Å². The maximum Gasteiger partial charge on any atom is 0.418 e. The Morgan fingerprint density at radius 3 is 2.42 bits per heavy atom. The van der Waals surface area contributed by atoms with Gasteiger partial charge in [-0.2, -0.15) is 13.2 Å². The van der Waals surface area contributed by atoms with E-state index in [9.17, 15) is 28.1 Å². The molecular weight excluding hydrogens is 329 g/mol. The van der Waals surface area contributed by atoms with Gasteiger partial charge in [-0.15, -0.1) is 0 Å². The molecule has 1 saturated heterocycles. The van der Waals surface area contributed by atoms with Crippen molar-refractivity contribution >= 4 is 17.4 Å². The normalized spacial score (nSPS) is 15.3. The van der Waals surface area contributed by atoms with Gasteiger partial charge in [0.05, 0.1) is 10.5 Å². The number of hydrogen-bond acceptors (Lipinski definition) is 4. The van der Waals surface area contributed by atoms with E-state index in [0.717, 1.165) is 12.1 Å². The molecule has 24 heavy (non-hydrogen) atoms. The van der Waals surface area contributed by atoms with Crippen LogP contribution < -0.4 is 10.2 Å². The second-order valence-electron chi connectivity index (χ2n) is 5.27. The lowest BCUT2D eigenvalue weighted by atomic mass is 10.1. The first-order valence-electron chi connectivity index (χ1n) is 7.37. The van der Waals surface area contributed by atoms with Gasteiger partial charge in [0, 0.05) is 50.5 Å². The zero-order valence-electron chi connectivity index (χ0n) is 13.0. The van der Waals surface area contributed by atoms with Crippen molar-refractivity contribution in [2.75, 3.05) is 37.6 Å². The van der Waals surface area contributed by atoms with Crippen LogP contribution in [0.1, 0.15) is 12.5 Å². The fourth-order valence-corrected chi connectivity index (χ4v) is 2.55. The topological polar surface area (TPSA) is 78.7 Å². The van der Waals surface area contributed by atoms with Crippen LogP contribution in [-0.4, -0.2) is 48.6 Å². The summed E-state index contributed by atoms with van der Waals surface area (Å²) in [6, 6.07) is 2.46. The maximum absolute atomic E-state index is 13.2. The van der Waals surface area contributed by atoms with Gasteiger partial charge in [0.2, 0.25) is 0 Å². The van der Waals surface area contributed by atoms with Gasteiger partial charge in [0.15, 0.2) is 0 Å². The number of carbonyl (C=O) groups excluding carboxylic acids is 1. The molecule has 1 aliphatic rings. The van der Waals surface area contributed by atoms with Crippen LogP contribution in [0, 0.1) is 10.1 Å². The first-order valence-corrected chi connectivity index (χ1v) is 7.37. The molecule has 1 aliphatic heterocycles. The summed E-state index contributed by atoms with van der Waals surface area (Å²) in [6.07, 6.45) is -4.70. The molecule has 2 amide bonds. The highest BCUT2D eigenvalue weighted by Gasteiger charge is 2.37. The van der Waals surface area contributed by atoms with Crippen molar-refractivity contribution in [3.63, 3.8) is 0 Å². The number of carbonyl (C=O) groups is 1. The van der Waals surface area contributed by atoms with Crippen molar-refractivity contribution in [1.29, 1.82) is 0 Å². The van der Waals surface area contributed by atoms with Crippen LogP contribution in [0.4, 0.5) is 29.3 Å². The number of nitro benzene ring substituents is 1. The fourth-order valence-electron chi connectivity index (χ4n) is 2.55. The fraction of sp³-hybridized carbons (Fsp3) is 0.500. The van der Waals surface area contributed by atoms with Gasteiger partial charge >= 0.3 is 12.2 Å². The van der Waals surface area contributed by atoms with Crippen LogP contribution in [0.3, 0.4) is 0 Å². The number of alkyl halides is 3. The molecule has 2 rings (SSSR count). The Labute approximate surface area is 136 Å². The number of rotatable bonds is 3. The molecule has 1 aromatic rings.